The standard InChI is InChI=1S/C27H24N4O3/c1-27(2,3)22-16-23(30-33-22)28-24(32)15-17-11-13-19(14-12-17)26-29-25(31-34-26)21-10-6-8-18-7-4-5-9-20(18)21/h4-14,16H,15H2,1-3H3,(H,28,30,32). The van der Waals surface area contributed by atoms with E-state index in [9.17, 15) is 4.79 Å². The summed E-state index contributed by atoms with van der Waals surface area (Å²) in [4.78, 5) is 17.0. The highest BCUT2D eigenvalue weighted by molar-refractivity contribution is 5.95. The molecule has 7 heteroatoms. The Morgan fingerprint density at radius 1 is 0.912 bits per heavy atom. The van der Waals surface area contributed by atoms with Gasteiger partial charge in [0.15, 0.2) is 5.82 Å². The average molecular weight is 453 g/mol. The smallest absolute Gasteiger partial charge is 0.258 e. The number of amides is 1. The molecule has 0 spiro atoms. The fraction of sp³-hybridized carbons (Fsp3) is 0.185. The van der Waals surface area contributed by atoms with E-state index in [0.29, 0.717) is 17.5 Å². The molecule has 0 saturated heterocycles. The van der Waals surface area contributed by atoms with Crippen LogP contribution in [-0.2, 0) is 16.6 Å². The summed E-state index contributed by atoms with van der Waals surface area (Å²) >= 11 is 0. The van der Waals surface area contributed by atoms with E-state index in [1.165, 1.54) is 0 Å². The van der Waals surface area contributed by atoms with Crippen LogP contribution in [0.15, 0.2) is 81.8 Å². The van der Waals surface area contributed by atoms with Gasteiger partial charge in [0, 0.05) is 22.6 Å². The minimum absolute atomic E-state index is 0.169. The Hall–Kier alpha value is -4.26. The van der Waals surface area contributed by atoms with E-state index in [-0.39, 0.29) is 17.7 Å². The molecule has 1 amide bonds. The van der Waals surface area contributed by atoms with Crippen LogP contribution in [0.3, 0.4) is 0 Å². The Balaban J connectivity index is 1.28. The Labute approximate surface area is 196 Å². The maximum atomic E-state index is 12.4. The van der Waals surface area contributed by atoms with Crippen molar-refractivity contribution in [2.75, 3.05) is 5.32 Å². The summed E-state index contributed by atoms with van der Waals surface area (Å²) in [5.41, 5.74) is 2.39. The van der Waals surface area contributed by atoms with Gasteiger partial charge >= 0.3 is 0 Å². The molecule has 170 valence electrons. The van der Waals surface area contributed by atoms with Gasteiger partial charge in [-0.2, -0.15) is 4.98 Å². The van der Waals surface area contributed by atoms with Crippen molar-refractivity contribution >= 4 is 22.5 Å². The average Bonchev–Trinajstić information content (AvgIpc) is 3.49. The first-order chi connectivity index (χ1) is 16.4. The molecular formula is C27H24N4O3. The number of aromatic nitrogens is 3. The highest BCUT2D eigenvalue weighted by atomic mass is 16.5. The summed E-state index contributed by atoms with van der Waals surface area (Å²) in [6, 6.07) is 23.4. The highest BCUT2D eigenvalue weighted by Crippen LogP contribution is 2.29. The predicted octanol–water partition coefficient (Wildman–Crippen LogP) is 6.02. The molecule has 0 aliphatic carbocycles. The van der Waals surface area contributed by atoms with Gasteiger partial charge in [-0.05, 0) is 28.5 Å². The minimum Gasteiger partial charge on any atom is -0.359 e. The number of benzene rings is 3. The summed E-state index contributed by atoms with van der Waals surface area (Å²) in [7, 11) is 0. The molecule has 0 radical (unpaired) electrons. The van der Waals surface area contributed by atoms with Gasteiger partial charge in [0.25, 0.3) is 5.89 Å². The van der Waals surface area contributed by atoms with Crippen LogP contribution in [0.5, 0.6) is 0 Å². The van der Waals surface area contributed by atoms with E-state index in [2.05, 4.69) is 32.7 Å². The lowest BCUT2D eigenvalue weighted by molar-refractivity contribution is -0.115. The van der Waals surface area contributed by atoms with Crippen molar-refractivity contribution in [1.82, 2.24) is 15.3 Å². The van der Waals surface area contributed by atoms with Crippen LogP contribution in [0.25, 0.3) is 33.6 Å². The molecule has 5 aromatic rings. The number of hydrogen-bond acceptors (Lipinski definition) is 6. The molecule has 0 atom stereocenters. The molecular weight excluding hydrogens is 428 g/mol. The number of fused-ring (bicyclic) bond motifs is 1. The topological polar surface area (TPSA) is 94.1 Å². The number of anilines is 1. The molecule has 34 heavy (non-hydrogen) atoms. The zero-order chi connectivity index (χ0) is 23.7. The number of carbonyl (C=O) groups excluding carboxylic acids is 1. The van der Waals surface area contributed by atoms with Crippen molar-refractivity contribution < 1.29 is 13.8 Å². The second-order valence-electron chi connectivity index (χ2n) is 9.20. The van der Waals surface area contributed by atoms with E-state index < -0.39 is 0 Å². The maximum Gasteiger partial charge on any atom is 0.258 e. The SMILES string of the molecule is CC(C)(C)c1cc(NC(=O)Cc2ccc(-c3nc(-c4cccc5ccccc45)no3)cc2)no1. The van der Waals surface area contributed by atoms with Crippen LogP contribution in [0, 0.1) is 0 Å². The number of rotatable bonds is 5. The largest absolute Gasteiger partial charge is 0.359 e. The Morgan fingerprint density at radius 3 is 2.44 bits per heavy atom. The van der Waals surface area contributed by atoms with Crippen LogP contribution < -0.4 is 5.32 Å². The molecule has 3 aromatic carbocycles. The second kappa shape index (κ2) is 8.59. The fourth-order valence-corrected chi connectivity index (χ4v) is 3.70. The molecule has 0 aliphatic rings. The normalized spacial score (nSPS) is 11.6. The predicted molar refractivity (Wildman–Crippen MR) is 130 cm³/mol. The molecule has 0 fully saturated rings. The van der Waals surface area contributed by atoms with Crippen LogP contribution in [0.1, 0.15) is 32.1 Å². The molecule has 2 aromatic heterocycles. The van der Waals surface area contributed by atoms with Gasteiger partial charge in [-0.15, -0.1) is 0 Å². The van der Waals surface area contributed by atoms with Crippen molar-refractivity contribution in [1.29, 1.82) is 0 Å². The second-order valence-corrected chi connectivity index (χ2v) is 9.20. The first kappa shape index (κ1) is 21.6. The van der Waals surface area contributed by atoms with E-state index in [1.807, 2.05) is 75.4 Å². The lowest BCUT2D eigenvalue weighted by Gasteiger charge is -2.12. The van der Waals surface area contributed by atoms with Crippen molar-refractivity contribution in [3.8, 4) is 22.8 Å². The van der Waals surface area contributed by atoms with Crippen molar-refractivity contribution in [3.63, 3.8) is 0 Å². The highest BCUT2D eigenvalue weighted by Gasteiger charge is 2.20. The third-order valence-corrected chi connectivity index (χ3v) is 5.54. The molecule has 0 saturated carbocycles. The van der Waals surface area contributed by atoms with Gasteiger partial charge in [0.2, 0.25) is 11.7 Å². The van der Waals surface area contributed by atoms with Crippen LogP contribution in [0.2, 0.25) is 0 Å². The van der Waals surface area contributed by atoms with Crippen molar-refractivity contribution in [2.45, 2.75) is 32.6 Å². The zero-order valence-electron chi connectivity index (χ0n) is 19.2. The quantitative estimate of drug-likeness (QED) is 0.350. The number of nitrogens with zero attached hydrogens (tertiary/aromatic N) is 3. The lowest BCUT2D eigenvalue weighted by atomic mass is 9.93. The van der Waals surface area contributed by atoms with Crippen LogP contribution in [0.4, 0.5) is 5.82 Å². The molecule has 2 heterocycles. The number of nitrogens with one attached hydrogen (secondary N) is 1. The molecule has 7 nitrogen and oxygen atoms in total. The van der Waals surface area contributed by atoms with Gasteiger partial charge in [-0.3, -0.25) is 4.79 Å². The minimum atomic E-state index is -0.173. The number of hydrogen-bond donors (Lipinski definition) is 1. The Morgan fingerprint density at radius 2 is 1.68 bits per heavy atom. The Bertz CT molecular complexity index is 1450. The monoisotopic (exact) mass is 452 g/mol. The van der Waals surface area contributed by atoms with Gasteiger partial charge < -0.3 is 14.4 Å². The van der Waals surface area contributed by atoms with Crippen LogP contribution in [-0.4, -0.2) is 21.2 Å². The van der Waals surface area contributed by atoms with E-state index in [1.54, 1.807) is 6.07 Å². The van der Waals surface area contributed by atoms with Crippen LogP contribution >= 0.6 is 0 Å². The zero-order valence-corrected chi connectivity index (χ0v) is 19.2. The Kier molecular flexibility index (Phi) is 5.45. The lowest BCUT2D eigenvalue weighted by Crippen LogP contribution is -2.14. The van der Waals surface area contributed by atoms with Crippen molar-refractivity contribution in [2.24, 2.45) is 0 Å². The van der Waals surface area contributed by atoms with E-state index >= 15 is 0 Å². The van der Waals surface area contributed by atoms with Crippen molar-refractivity contribution in [3.05, 3.63) is 84.1 Å². The van der Waals surface area contributed by atoms with E-state index in [4.69, 9.17) is 9.05 Å². The van der Waals surface area contributed by atoms with Gasteiger partial charge in [-0.25, -0.2) is 0 Å². The first-order valence-corrected chi connectivity index (χ1v) is 11.0. The molecule has 0 unspecified atom stereocenters. The first-order valence-electron chi connectivity index (χ1n) is 11.0. The maximum absolute atomic E-state index is 12.4. The molecule has 5 rings (SSSR count). The summed E-state index contributed by atoms with van der Waals surface area (Å²) in [5, 5.41) is 13.1. The van der Waals surface area contributed by atoms with E-state index in [0.717, 1.165) is 33.2 Å². The number of carbonyl (C=O) groups is 1. The fourth-order valence-electron chi connectivity index (χ4n) is 3.70. The third-order valence-electron chi connectivity index (χ3n) is 5.54. The van der Waals surface area contributed by atoms with Gasteiger partial charge in [0.05, 0.1) is 6.42 Å². The third kappa shape index (κ3) is 4.45. The van der Waals surface area contributed by atoms with Gasteiger partial charge in [-0.1, -0.05) is 85.7 Å². The summed E-state index contributed by atoms with van der Waals surface area (Å²) in [6.45, 7) is 6.07. The summed E-state index contributed by atoms with van der Waals surface area (Å²) in [5.74, 6) is 1.93. The summed E-state index contributed by atoms with van der Waals surface area (Å²) < 4.78 is 10.8. The van der Waals surface area contributed by atoms with Gasteiger partial charge in [0.1, 0.15) is 5.76 Å². The molecule has 0 aliphatic heterocycles. The molecule has 0 bridgehead atoms. The molecule has 1 N–H and O–H groups in total. The summed E-state index contributed by atoms with van der Waals surface area (Å²) in [6.07, 6.45) is 0.211.